The van der Waals surface area contributed by atoms with E-state index in [1.807, 2.05) is 0 Å². The number of carbonyl (C=O) groups excluding carboxylic acids is 1. The molecule has 0 fully saturated rings. The first-order valence-corrected chi connectivity index (χ1v) is 6.14. The maximum Gasteiger partial charge on any atom is 0.364 e. The fourth-order valence-corrected chi connectivity index (χ4v) is 1.50. The molecule has 0 radical (unpaired) electrons. The van der Waals surface area contributed by atoms with Crippen molar-refractivity contribution < 1.29 is 9.53 Å². The lowest BCUT2D eigenvalue weighted by Crippen LogP contribution is -2.20. The van der Waals surface area contributed by atoms with Gasteiger partial charge in [0.15, 0.2) is 0 Å². The highest BCUT2D eigenvalue weighted by Gasteiger charge is 2.17. The molecule has 1 aromatic heterocycles. The van der Waals surface area contributed by atoms with Gasteiger partial charge >= 0.3 is 11.5 Å². The van der Waals surface area contributed by atoms with Gasteiger partial charge in [-0.3, -0.25) is 4.79 Å². The number of hydrogen-bond donors (Lipinski definition) is 1. The zero-order valence-corrected chi connectivity index (χ0v) is 11.3. The second kappa shape index (κ2) is 6.16. The number of nitrogens with zero attached hydrogens (tertiary/aromatic N) is 3. The van der Waals surface area contributed by atoms with Crippen LogP contribution in [0.3, 0.4) is 0 Å². The number of nitrogens with one attached hydrogen (secondary N) is 1. The number of halogens is 1. The fraction of sp³-hybridized carbons (Fsp3) is 0.167. The van der Waals surface area contributed by atoms with Crippen molar-refractivity contribution in [3.8, 4) is 0 Å². The van der Waals surface area contributed by atoms with Crippen LogP contribution in [0.2, 0.25) is 5.02 Å². The van der Waals surface area contributed by atoms with Crippen molar-refractivity contribution in [3.63, 3.8) is 0 Å². The average molecular weight is 295 g/mol. The summed E-state index contributed by atoms with van der Waals surface area (Å²) in [6.07, 6.45) is 1.44. The highest BCUT2D eigenvalue weighted by molar-refractivity contribution is 6.30. The Morgan fingerprint density at radius 1 is 1.50 bits per heavy atom. The van der Waals surface area contributed by atoms with E-state index in [1.54, 1.807) is 31.2 Å². The van der Waals surface area contributed by atoms with Crippen LogP contribution in [0.25, 0.3) is 0 Å². The number of carbonyl (C=O) groups is 1. The molecule has 0 unspecified atom stereocenters. The second-order valence-electron chi connectivity index (χ2n) is 3.69. The third-order valence-corrected chi connectivity index (χ3v) is 2.56. The number of ether oxygens (including phenoxy) is 1. The Hall–Kier alpha value is -2.41. The minimum atomic E-state index is -0.783. The van der Waals surface area contributed by atoms with Gasteiger partial charge in [-0.25, -0.2) is 4.79 Å². The summed E-state index contributed by atoms with van der Waals surface area (Å²) in [5.74, 6) is -0.783. The van der Waals surface area contributed by atoms with Gasteiger partial charge in [-0.2, -0.15) is 10.3 Å². The molecule has 104 valence electrons. The van der Waals surface area contributed by atoms with E-state index in [0.29, 0.717) is 5.02 Å². The first kappa shape index (κ1) is 14.0. The summed E-state index contributed by atoms with van der Waals surface area (Å²) < 4.78 is 4.70. The lowest BCUT2D eigenvalue weighted by atomic mass is 10.2. The summed E-state index contributed by atoms with van der Waals surface area (Å²) in [7, 11) is 0. The first-order chi connectivity index (χ1) is 9.61. The molecular formula is C12H11ClN4O3. The highest BCUT2D eigenvalue weighted by Crippen LogP contribution is 2.07. The molecule has 7 nitrogen and oxygen atoms in total. The molecule has 0 aliphatic carbocycles. The maximum absolute atomic E-state index is 11.8. The number of rotatable bonds is 4. The van der Waals surface area contributed by atoms with Crippen LogP contribution in [0.5, 0.6) is 0 Å². The molecular weight excluding hydrogens is 284 g/mol. The molecule has 20 heavy (non-hydrogen) atoms. The van der Waals surface area contributed by atoms with Gasteiger partial charge in [-0.1, -0.05) is 23.7 Å². The minimum absolute atomic E-state index is 0.166. The Labute approximate surface area is 118 Å². The van der Waals surface area contributed by atoms with Gasteiger partial charge in [0.2, 0.25) is 5.69 Å². The third kappa shape index (κ3) is 3.12. The molecule has 0 saturated heterocycles. The largest absolute Gasteiger partial charge is 0.461 e. The molecule has 8 heteroatoms. The Bertz CT molecular complexity index is 687. The Morgan fingerprint density at radius 3 is 2.85 bits per heavy atom. The van der Waals surface area contributed by atoms with Crippen molar-refractivity contribution in [2.45, 2.75) is 6.92 Å². The predicted molar refractivity (Wildman–Crippen MR) is 73.2 cm³/mol. The van der Waals surface area contributed by atoms with Crippen LogP contribution < -0.4 is 5.56 Å². The van der Waals surface area contributed by atoms with Crippen molar-refractivity contribution in [3.05, 3.63) is 50.9 Å². The van der Waals surface area contributed by atoms with Gasteiger partial charge in [-0.15, -0.1) is 9.89 Å². The van der Waals surface area contributed by atoms with E-state index in [9.17, 15) is 9.59 Å². The number of esters is 1. The van der Waals surface area contributed by atoms with Crippen LogP contribution in [-0.4, -0.2) is 33.9 Å². The number of benzene rings is 1. The molecule has 0 aliphatic rings. The smallest absolute Gasteiger partial charge is 0.364 e. The Kier molecular flexibility index (Phi) is 4.31. The van der Waals surface area contributed by atoms with Crippen molar-refractivity contribution >= 4 is 23.8 Å². The van der Waals surface area contributed by atoms with Crippen molar-refractivity contribution in [2.75, 3.05) is 6.61 Å². The van der Waals surface area contributed by atoms with Crippen molar-refractivity contribution in [2.24, 2.45) is 5.10 Å². The van der Waals surface area contributed by atoms with Crippen molar-refractivity contribution in [1.82, 2.24) is 15.1 Å². The second-order valence-corrected chi connectivity index (χ2v) is 4.13. The predicted octanol–water partition coefficient (Wildman–Crippen LogP) is 1.28. The number of aromatic nitrogens is 3. The van der Waals surface area contributed by atoms with Gasteiger partial charge < -0.3 is 4.74 Å². The molecule has 0 saturated carbocycles. The van der Waals surface area contributed by atoms with E-state index >= 15 is 0 Å². The SMILES string of the molecule is CCOC(=O)c1n[nH]n(N=Cc2ccc(Cl)cc2)c1=O. The lowest BCUT2D eigenvalue weighted by molar-refractivity contribution is 0.0517. The summed E-state index contributed by atoms with van der Waals surface area (Å²) in [6.45, 7) is 1.81. The topological polar surface area (TPSA) is 89.3 Å². The molecule has 0 spiro atoms. The molecule has 0 atom stereocenters. The minimum Gasteiger partial charge on any atom is -0.461 e. The van der Waals surface area contributed by atoms with Gasteiger partial charge in [0.05, 0.1) is 12.8 Å². The Balaban J connectivity index is 2.20. The normalized spacial score (nSPS) is 10.9. The molecule has 0 bridgehead atoms. The Morgan fingerprint density at radius 2 is 2.20 bits per heavy atom. The molecule has 0 aliphatic heterocycles. The first-order valence-electron chi connectivity index (χ1n) is 5.76. The van der Waals surface area contributed by atoms with E-state index in [4.69, 9.17) is 16.3 Å². The lowest BCUT2D eigenvalue weighted by Gasteiger charge is -1.94. The molecule has 1 N–H and O–H groups in total. The number of aromatic amines is 1. The molecule has 1 aromatic carbocycles. The standard InChI is InChI=1S/C12H11ClN4O3/c1-2-20-12(19)10-11(18)17(16-15-10)14-7-8-3-5-9(13)6-4-8/h3-7,16H,2H2,1H3. The van der Waals surface area contributed by atoms with Gasteiger partial charge in [0.25, 0.3) is 0 Å². The van der Waals surface area contributed by atoms with E-state index in [-0.39, 0.29) is 12.3 Å². The molecule has 2 aromatic rings. The van der Waals surface area contributed by atoms with Crippen LogP contribution in [0.15, 0.2) is 34.2 Å². The number of H-pyrrole nitrogens is 1. The van der Waals surface area contributed by atoms with E-state index in [1.165, 1.54) is 6.21 Å². The average Bonchev–Trinajstić information content (AvgIpc) is 2.80. The van der Waals surface area contributed by atoms with E-state index in [0.717, 1.165) is 10.4 Å². The van der Waals surface area contributed by atoms with Gasteiger partial charge in [-0.05, 0) is 24.6 Å². The van der Waals surface area contributed by atoms with Gasteiger partial charge in [0, 0.05) is 5.02 Å². The summed E-state index contributed by atoms with van der Waals surface area (Å²) in [5, 5.41) is 10.4. The zero-order valence-electron chi connectivity index (χ0n) is 10.5. The molecule has 1 heterocycles. The van der Waals surface area contributed by atoms with Gasteiger partial charge in [0.1, 0.15) is 0 Å². The molecule has 2 rings (SSSR count). The third-order valence-electron chi connectivity index (χ3n) is 2.31. The monoisotopic (exact) mass is 294 g/mol. The maximum atomic E-state index is 11.8. The van der Waals surface area contributed by atoms with Crippen LogP contribution >= 0.6 is 11.6 Å². The van der Waals surface area contributed by atoms with E-state index < -0.39 is 11.5 Å². The van der Waals surface area contributed by atoms with Crippen LogP contribution in [-0.2, 0) is 4.74 Å². The van der Waals surface area contributed by atoms with E-state index in [2.05, 4.69) is 15.4 Å². The zero-order chi connectivity index (χ0) is 14.5. The van der Waals surface area contributed by atoms with Crippen LogP contribution in [0, 0.1) is 0 Å². The summed E-state index contributed by atoms with van der Waals surface area (Å²) in [4.78, 5) is 24.0. The summed E-state index contributed by atoms with van der Waals surface area (Å²) in [5.41, 5.74) is -0.262. The van der Waals surface area contributed by atoms with Crippen molar-refractivity contribution in [1.29, 1.82) is 0 Å². The van der Waals surface area contributed by atoms with Crippen LogP contribution in [0.1, 0.15) is 23.0 Å². The highest BCUT2D eigenvalue weighted by atomic mass is 35.5. The van der Waals surface area contributed by atoms with Crippen LogP contribution in [0.4, 0.5) is 0 Å². The number of hydrogen-bond acceptors (Lipinski definition) is 5. The molecule has 0 amide bonds. The summed E-state index contributed by atoms with van der Waals surface area (Å²) >= 11 is 5.75. The quantitative estimate of drug-likeness (QED) is 0.679. The fourth-order valence-electron chi connectivity index (χ4n) is 1.37. The summed E-state index contributed by atoms with van der Waals surface area (Å²) in [6, 6.07) is 6.87.